The fourth-order valence-corrected chi connectivity index (χ4v) is 1.46. The number of aliphatic hydroxyl groups is 1. The molecular weight excluding hydrogens is 305 g/mol. The van der Waals surface area contributed by atoms with Crippen molar-refractivity contribution >= 4 is 22.6 Å². The molecule has 1 rings (SSSR count). The minimum absolute atomic E-state index is 0.241. The van der Waals surface area contributed by atoms with Crippen molar-refractivity contribution in [2.75, 3.05) is 26.3 Å². The van der Waals surface area contributed by atoms with E-state index in [2.05, 4.69) is 27.9 Å². The van der Waals surface area contributed by atoms with E-state index >= 15 is 0 Å². The van der Waals surface area contributed by atoms with Gasteiger partial charge in [0.05, 0.1) is 0 Å². The zero-order valence-corrected chi connectivity index (χ0v) is 10.7. The molecule has 0 heterocycles. The fourth-order valence-electron chi connectivity index (χ4n) is 1.10. The van der Waals surface area contributed by atoms with Crippen molar-refractivity contribution in [2.24, 2.45) is 0 Å². The highest BCUT2D eigenvalue weighted by Crippen LogP contribution is 2.12. The SMILES string of the molecule is OCCCNCCOc1ccc(I)cc1. The molecule has 3 nitrogen and oxygen atoms in total. The Morgan fingerprint density at radius 3 is 2.60 bits per heavy atom. The number of rotatable bonds is 7. The third-order valence-corrected chi connectivity index (χ3v) is 2.59. The Labute approximate surface area is 104 Å². The monoisotopic (exact) mass is 321 g/mol. The molecule has 0 saturated heterocycles. The maximum Gasteiger partial charge on any atom is 0.119 e. The van der Waals surface area contributed by atoms with Gasteiger partial charge in [-0.2, -0.15) is 0 Å². The van der Waals surface area contributed by atoms with Crippen LogP contribution in [-0.2, 0) is 0 Å². The Hall–Kier alpha value is -0.330. The van der Waals surface area contributed by atoms with Gasteiger partial charge in [0.1, 0.15) is 12.4 Å². The number of hydrogen-bond donors (Lipinski definition) is 2. The second kappa shape index (κ2) is 7.90. The maximum atomic E-state index is 8.55. The molecule has 1 aromatic rings. The zero-order valence-electron chi connectivity index (χ0n) is 8.58. The average Bonchev–Trinajstić information content (AvgIpc) is 2.26. The second-order valence-corrected chi connectivity index (χ2v) is 4.38. The van der Waals surface area contributed by atoms with E-state index in [0.717, 1.165) is 25.3 Å². The Morgan fingerprint density at radius 2 is 1.93 bits per heavy atom. The van der Waals surface area contributed by atoms with Gasteiger partial charge in [-0.05, 0) is 59.8 Å². The van der Waals surface area contributed by atoms with Crippen molar-refractivity contribution in [2.45, 2.75) is 6.42 Å². The molecule has 0 saturated carbocycles. The molecule has 0 aliphatic rings. The molecular formula is C11H16INO2. The first-order valence-corrected chi connectivity index (χ1v) is 6.11. The number of benzene rings is 1. The standard InChI is InChI=1S/C11H16INO2/c12-10-2-4-11(5-3-10)15-9-7-13-6-1-8-14/h2-5,13-14H,1,6-9H2. The highest BCUT2D eigenvalue weighted by Gasteiger charge is 1.93. The third kappa shape index (κ3) is 5.96. The third-order valence-electron chi connectivity index (χ3n) is 1.87. The highest BCUT2D eigenvalue weighted by molar-refractivity contribution is 14.1. The molecule has 84 valence electrons. The molecule has 0 unspecified atom stereocenters. The summed E-state index contributed by atoms with van der Waals surface area (Å²) in [6.45, 7) is 2.55. The van der Waals surface area contributed by atoms with Gasteiger partial charge in [-0.25, -0.2) is 0 Å². The summed E-state index contributed by atoms with van der Waals surface area (Å²) >= 11 is 2.27. The topological polar surface area (TPSA) is 41.5 Å². The van der Waals surface area contributed by atoms with Crippen molar-refractivity contribution in [3.05, 3.63) is 27.8 Å². The van der Waals surface area contributed by atoms with E-state index in [0.29, 0.717) is 6.61 Å². The van der Waals surface area contributed by atoms with Crippen LogP contribution in [-0.4, -0.2) is 31.4 Å². The predicted molar refractivity (Wildman–Crippen MR) is 69.2 cm³/mol. The van der Waals surface area contributed by atoms with Gasteiger partial charge in [0.2, 0.25) is 0 Å². The smallest absolute Gasteiger partial charge is 0.119 e. The highest BCUT2D eigenvalue weighted by atomic mass is 127. The summed E-state index contributed by atoms with van der Waals surface area (Å²) in [5.74, 6) is 0.902. The Bertz CT molecular complexity index is 264. The lowest BCUT2D eigenvalue weighted by molar-refractivity contribution is 0.279. The van der Waals surface area contributed by atoms with Gasteiger partial charge in [-0.15, -0.1) is 0 Å². The van der Waals surface area contributed by atoms with Crippen LogP contribution in [0.2, 0.25) is 0 Å². The second-order valence-electron chi connectivity index (χ2n) is 3.13. The van der Waals surface area contributed by atoms with Crippen LogP contribution >= 0.6 is 22.6 Å². The van der Waals surface area contributed by atoms with Crippen molar-refractivity contribution < 1.29 is 9.84 Å². The van der Waals surface area contributed by atoms with Crippen LogP contribution in [0.3, 0.4) is 0 Å². The van der Waals surface area contributed by atoms with Gasteiger partial charge in [-0.1, -0.05) is 0 Å². The summed E-state index contributed by atoms with van der Waals surface area (Å²) in [5, 5.41) is 11.7. The lowest BCUT2D eigenvalue weighted by Crippen LogP contribution is -2.22. The molecule has 0 aliphatic carbocycles. The number of halogens is 1. The Balaban J connectivity index is 2.07. The minimum Gasteiger partial charge on any atom is -0.492 e. The van der Waals surface area contributed by atoms with E-state index in [9.17, 15) is 0 Å². The van der Waals surface area contributed by atoms with E-state index in [1.165, 1.54) is 3.57 Å². The van der Waals surface area contributed by atoms with Gasteiger partial charge in [0.25, 0.3) is 0 Å². The van der Waals surface area contributed by atoms with Crippen molar-refractivity contribution in [1.29, 1.82) is 0 Å². The number of hydrogen-bond acceptors (Lipinski definition) is 3. The molecule has 4 heteroatoms. The molecule has 15 heavy (non-hydrogen) atoms. The molecule has 0 aliphatic heterocycles. The van der Waals surface area contributed by atoms with Crippen molar-refractivity contribution in [3.63, 3.8) is 0 Å². The molecule has 0 bridgehead atoms. The molecule has 0 aromatic heterocycles. The molecule has 0 amide bonds. The Morgan fingerprint density at radius 1 is 1.20 bits per heavy atom. The molecule has 0 atom stereocenters. The van der Waals surface area contributed by atoms with E-state index in [4.69, 9.17) is 9.84 Å². The summed E-state index contributed by atoms with van der Waals surface area (Å²) in [4.78, 5) is 0. The molecule has 0 spiro atoms. The lowest BCUT2D eigenvalue weighted by Gasteiger charge is -2.06. The largest absolute Gasteiger partial charge is 0.492 e. The Kier molecular flexibility index (Phi) is 6.71. The van der Waals surface area contributed by atoms with Crippen LogP contribution in [0.4, 0.5) is 0 Å². The normalized spacial score (nSPS) is 10.3. The predicted octanol–water partition coefficient (Wildman–Crippen LogP) is 1.64. The quantitative estimate of drug-likeness (QED) is 0.593. The van der Waals surface area contributed by atoms with Gasteiger partial charge in [0, 0.05) is 16.7 Å². The van der Waals surface area contributed by atoms with Gasteiger partial charge < -0.3 is 15.2 Å². The number of ether oxygens (including phenoxy) is 1. The minimum atomic E-state index is 0.241. The van der Waals surface area contributed by atoms with Crippen LogP contribution in [0.1, 0.15) is 6.42 Å². The van der Waals surface area contributed by atoms with Crippen LogP contribution in [0.25, 0.3) is 0 Å². The van der Waals surface area contributed by atoms with E-state index in [1.54, 1.807) is 0 Å². The van der Waals surface area contributed by atoms with Gasteiger partial charge in [-0.3, -0.25) is 0 Å². The molecule has 1 aromatic carbocycles. The van der Waals surface area contributed by atoms with Crippen LogP contribution in [0.5, 0.6) is 5.75 Å². The summed E-state index contributed by atoms with van der Waals surface area (Å²) < 4.78 is 6.72. The number of aliphatic hydroxyl groups excluding tert-OH is 1. The number of nitrogens with one attached hydrogen (secondary N) is 1. The zero-order chi connectivity index (χ0) is 10.9. The first kappa shape index (κ1) is 12.7. The van der Waals surface area contributed by atoms with E-state index in [1.807, 2.05) is 24.3 Å². The van der Waals surface area contributed by atoms with Crippen LogP contribution in [0, 0.1) is 3.57 Å². The molecule has 2 N–H and O–H groups in total. The summed E-state index contributed by atoms with van der Waals surface area (Å²) in [7, 11) is 0. The average molecular weight is 321 g/mol. The summed E-state index contributed by atoms with van der Waals surface area (Å²) in [6.07, 6.45) is 0.795. The molecule has 0 fully saturated rings. The molecule has 0 radical (unpaired) electrons. The fraction of sp³-hybridized carbons (Fsp3) is 0.455. The maximum absolute atomic E-state index is 8.55. The van der Waals surface area contributed by atoms with Gasteiger partial charge in [0.15, 0.2) is 0 Å². The van der Waals surface area contributed by atoms with Crippen molar-refractivity contribution in [1.82, 2.24) is 5.32 Å². The van der Waals surface area contributed by atoms with Gasteiger partial charge >= 0.3 is 0 Å². The van der Waals surface area contributed by atoms with E-state index < -0.39 is 0 Å². The first-order valence-electron chi connectivity index (χ1n) is 5.03. The van der Waals surface area contributed by atoms with Crippen LogP contribution < -0.4 is 10.1 Å². The summed E-state index contributed by atoms with van der Waals surface area (Å²) in [6, 6.07) is 7.98. The van der Waals surface area contributed by atoms with Crippen LogP contribution in [0.15, 0.2) is 24.3 Å². The lowest BCUT2D eigenvalue weighted by atomic mass is 10.3. The van der Waals surface area contributed by atoms with E-state index in [-0.39, 0.29) is 6.61 Å². The first-order chi connectivity index (χ1) is 7.33. The summed E-state index contributed by atoms with van der Waals surface area (Å²) in [5.41, 5.74) is 0. The van der Waals surface area contributed by atoms with Crippen molar-refractivity contribution in [3.8, 4) is 5.75 Å².